The van der Waals surface area contributed by atoms with Gasteiger partial charge in [-0.2, -0.15) is 13.2 Å². The molecule has 0 atom stereocenters. The van der Waals surface area contributed by atoms with E-state index in [-0.39, 0.29) is 10.9 Å². The Bertz CT molecular complexity index is 575. The van der Waals surface area contributed by atoms with Gasteiger partial charge >= 0.3 is 12.3 Å². The van der Waals surface area contributed by atoms with Crippen LogP contribution < -0.4 is 0 Å². The van der Waals surface area contributed by atoms with Crippen LogP contribution in [0.5, 0.6) is 0 Å². The second-order valence-corrected chi connectivity index (χ2v) is 6.79. The molecule has 22 heavy (non-hydrogen) atoms. The normalized spacial score (nSPS) is 16.4. The zero-order chi connectivity index (χ0) is 16.7. The zero-order valence-corrected chi connectivity index (χ0v) is 13.3. The van der Waals surface area contributed by atoms with Gasteiger partial charge in [0.05, 0.1) is 5.56 Å². The van der Waals surface area contributed by atoms with Gasteiger partial charge in [-0.15, -0.1) is 0 Å². The van der Waals surface area contributed by atoms with Crippen LogP contribution in [-0.4, -0.2) is 29.7 Å². The van der Waals surface area contributed by atoms with Crippen molar-refractivity contribution in [1.29, 1.82) is 0 Å². The monoisotopic (exact) mass is 335 g/mol. The van der Waals surface area contributed by atoms with Crippen LogP contribution in [0.3, 0.4) is 0 Å². The van der Waals surface area contributed by atoms with Crippen molar-refractivity contribution in [2.24, 2.45) is 0 Å². The number of likely N-dealkylation sites (tertiary alicyclic amines) is 1. The first-order valence-electron chi connectivity index (χ1n) is 6.81. The van der Waals surface area contributed by atoms with Crippen molar-refractivity contribution in [3.63, 3.8) is 0 Å². The van der Waals surface area contributed by atoms with Gasteiger partial charge in [0.25, 0.3) is 0 Å². The first kappa shape index (κ1) is 16.9. The van der Waals surface area contributed by atoms with Gasteiger partial charge in [0.15, 0.2) is 0 Å². The van der Waals surface area contributed by atoms with Gasteiger partial charge < -0.3 is 9.64 Å². The number of carbonyl (C=O) groups excluding carboxylic acids is 1. The summed E-state index contributed by atoms with van der Waals surface area (Å²) in [5, 5.41) is 0.0422. The van der Waals surface area contributed by atoms with E-state index in [0.717, 1.165) is 12.1 Å². The van der Waals surface area contributed by atoms with Crippen LogP contribution in [0.4, 0.5) is 18.0 Å². The van der Waals surface area contributed by atoms with E-state index in [0.29, 0.717) is 18.7 Å². The molecule has 3 nitrogen and oxygen atoms in total. The number of nitrogens with zero attached hydrogens (tertiary/aromatic N) is 1. The predicted molar refractivity (Wildman–Crippen MR) is 77.0 cm³/mol. The highest BCUT2D eigenvalue weighted by molar-refractivity contribution is 6.30. The summed E-state index contributed by atoms with van der Waals surface area (Å²) in [4.78, 5) is 13.3. The molecular formula is C15H17ClF3NO2. The number of carbonyl (C=O) groups is 1. The third-order valence-electron chi connectivity index (χ3n) is 3.25. The lowest BCUT2D eigenvalue weighted by atomic mass is 9.90. The highest BCUT2D eigenvalue weighted by Crippen LogP contribution is 2.36. The molecule has 0 aromatic heterocycles. The van der Waals surface area contributed by atoms with Crippen molar-refractivity contribution in [2.75, 3.05) is 13.1 Å². The van der Waals surface area contributed by atoms with Gasteiger partial charge in [0, 0.05) is 24.0 Å². The van der Waals surface area contributed by atoms with Crippen LogP contribution in [0.15, 0.2) is 18.2 Å². The molecule has 2 rings (SSSR count). The van der Waals surface area contributed by atoms with Crippen LogP contribution in [-0.2, 0) is 10.9 Å². The molecule has 1 aliphatic rings. The average Bonchev–Trinajstić information content (AvgIpc) is 2.21. The van der Waals surface area contributed by atoms with Crippen molar-refractivity contribution < 1.29 is 22.7 Å². The summed E-state index contributed by atoms with van der Waals surface area (Å²) in [6.07, 6.45) is -4.89. The van der Waals surface area contributed by atoms with Crippen molar-refractivity contribution in [1.82, 2.24) is 4.90 Å². The van der Waals surface area contributed by atoms with E-state index in [2.05, 4.69) is 0 Å². The number of ether oxygens (including phenoxy) is 1. The van der Waals surface area contributed by atoms with E-state index >= 15 is 0 Å². The molecule has 7 heteroatoms. The number of alkyl halides is 3. The first-order valence-corrected chi connectivity index (χ1v) is 7.19. The maximum absolute atomic E-state index is 12.8. The summed E-state index contributed by atoms with van der Waals surface area (Å²) >= 11 is 5.76. The number of rotatable bonds is 1. The summed E-state index contributed by atoms with van der Waals surface area (Å²) in [5.74, 6) is -0.160. The Balaban J connectivity index is 2.05. The molecule has 1 amide bonds. The van der Waals surface area contributed by atoms with Crippen LogP contribution in [0.25, 0.3) is 0 Å². The summed E-state index contributed by atoms with van der Waals surface area (Å²) in [5.41, 5.74) is -0.882. The number of benzene rings is 1. The van der Waals surface area contributed by atoms with E-state index in [9.17, 15) is 18.0 Å². The molecule has 0 saturated carbocycles. The highest BCUT2D eigenvalue weighted by Gasteiger charge is 2.37. The SMILES string of the molecule is CC(C)(C)OC(=O)N1CC(c2cc(Cl)cc(C(F)(F)F)c2)C1. The quantitative estimate of drug-likeness (QED) is 0.745. The fraction of sp³-hybridized carbons (Fsp3) is 0.533. The predicted octanol–water partition coefficient (Wildman–Crippen LogP) is 4.69. The Morgan fingerprint density at radius 2 is 1.82 bits per heavy atom. The Morgan fingerprint density at radius 3 is 2.32 bits per heavy atom. The minimum atomic E-state index is -4.44. The lowest BCUT2D eigenvalue weighted by Gasteiger charge is -2.40. The molecule has 1 saturated heterocycles. The van der Waals surface area contributed by atoms with Crippen molar-refractivity contribution >= 4 is 17.7 Å². The summed E-state index contributed by atoms with van der Waals surface area (Å²) in [6.45, 7) is 5.93. The van der Waals surface area contributed by atoms with E-state index in [1.54, 1.807) is 20.8 Å². The summed E-state index contributed by atoms with van der Waals surface area (Å²) in [7, 11) is 0. The molecule has 1 aliphatic heterocycles. The third-order valence-corrected chi connectivity index (χ3v) is 3.47. The van der Waals surface area contributed by atoms with Gasteiger partial charge in [-0.05, 0) is 44.5 Å². The average molecular weight is 336 g/mol. The molecule has 1 aromatic rings. The Hall–Kier alpha value is -1.43. The van der Waals surface area contributed by atoms with E-state index < -0.39 is 23.4 Å². The van der Waals surface area contributed by atoms with Crippen LogP contribution in [0, 0.1) is 0 Å². The van der Waals surface area contributed by atoms with Crippen LogP contribution in [0.1, 0.15) is 37.8 Å². The highest BCUT2D eigenvalue weighted by atomic mass is 35.5. The fourth-order valence-corrected chi connectivity index (χ4v) is 2.42. The first-order chi connectivity index (χ1) is 9.95. The maximum Gasteiger partial charge on any atom is 0.416 e. The summed E-state index contributed by atoms with van der Waals surface area (Å²) < 4.78 is 43.6. The standard InChI is InChI=1S/C15H17ClF3NO2/c1-14(2,3)22-13(21)20-7-10(8-20)9-4-11(15(17,18)19)6-12(16)5-9/h4-6,10H,7-8H2,1-3H3. The lowest BCUT2D eigenvalue weighted by Crippen LogP contribution is -2.50. The smallest absolute Gasteiger partial charge is 0.416 e. The molecule has 0 unspecified atom stereocenters. The van der Waals surface area contributed by atoms with Crippen molar-refractivity contribution in [3.8, 4) is 0 Å². The molecule has 1 heterocycles. The van der Waals surface area contributed by atoms with Gasteiger partial charge in [-0.1, -0.05) is 11.6 Å². The second-order valence-electron chi connectivity index (χ2n) is 6.35. The molecule has 122 valence electrons. The minimum Gasteiger partial charge on any atom is -0.444 e. The molecule has 0 bridgehead atoms. The maximum atomic E-state index is 12.8. The second kappa shape index (κ2) is 5.65. The number of hydrogen-bond donors (Lipinski definition) is 0. The molecule has 1 fully saturated rings. The van der Waals surface area contributed by atoms with Gasteiger partial charge in [-0.3, -0.25) is 0 Å². The Kier molecular flexibility index (Phi) is 4.35. The summed E-state index contributed by atoms with van der Waals surface area (Å²) in [6, 6.07) is 3.49. The van der Waals surface area contributed by atoms with Crippen LogP contribution in [0.2, 0.25) is 5.02 Å². The Morgan fingerprint density at radius 1 is 1.23 bits per heavy atom. The van der Waals surface area contributed by atoms with Crippen molar-refractivity contribution in [2.45, 2.75) is 38.5 Å². The van der Waals surface area contributed by atoms with Gasteiger partial charge in [-0.25, -0.2) is 4.79 Å². The van der Waals surface area contributed by atoms with E-state index in [1.165, 1.54) is 11.0 Å². The topological polar surface area (TPSA) is 29.5 Å². The van der Waals surface area contributed by atoms with Crippen LogP contribution >= 0.6 is 11.6 Å². The number of hydrogen-bond acceptors (Lipinski definition) is 2. The van der Waals surface area contributed by atoms with Gasteiger partial charge in [0.2, 0.25) is 0 Å². The van der Waals surface area contributed by atoms with Gasteiger partial charge in [0.1, 0.15) is 5.60 Å². The van der Waals surface area contributed by atoms with Crippen molar-refractivity contribution in [3.05, 3.63) is 34.3 Å². The third kappa shape index (κ3) is 4.06. The number of amides is 1. The van der Waals surface area contributed by atoms with E-state index in [4.69, 9.17) is 16.3 Å². The fourth-order valence-electron chi connectivity index (χ4n) is 2.18. The number of halogens is 4. The minimum absolute atomic E-state index is 0.0422. The van der Waals surface area contributed by atoms with E-state index in [1.807, 2.05) is 0 Å². The molecule has 0 N–H and O–H groups in total. The largest absolute Gasteiger partial charge is 0.444 e. The molecular weight excluding hydrogens is 319 g/mol. The zero-order valence-electron chi connectivity index (χ0n) is 12.5. The molecule has 0 radical (unpaired) electrons. The Labute approximate surface area is 132 Å². The molecule has 1 aromatic carbocycles. The molecule has 0 aliphatic carbocycles. The lowest BCUT2D eigenvalue weighted by molar-refractivity contribution is -0.137. The molecule has 0 spiro atoms.